The Kier molecular flexibility index (Phi) is 11.5. The zero-order valence-corrected chi connectivity index (χ0v) is 10.8. The van der Waals surface area contributed by atoms with Gasteiger partial charge < -0.3 is 14.2 Å². The first-order valence-electron chi connectivity index (χ1n) is 4.99. The van der Waals surface area contributed by atoms with Crippen molar-refractivity contribution in [2.75, 3.05) is 19.4 Å². The molecule has 0 rings (SSSR count). The van der Waals surface area contributed by atoms with Crippen LogP contribution in [0.5, 0.6) is 0 Å². The average Bonchev–Trinajstić information content (AvgIpc) is 2.03. The molecule has 0 aliphatic rings. The second-order valence-electron chi connectivity index (χ2n) is 2.69. The largest absolute Gasteiger partial charge is 0.481 e. The Balaban J connectivity index is 0. The predicted octanol–water partition coefficient (Wildman–Crippen LogP) is 2.75. The van der Waals surface area contributed by atoms with Crippen LogP contribution in [-0.4, -0.2) is 30.5 Å². The van der Waals surface area contributed by atoms with Crippen LogP contribution >= 0.6 is 7.60 Å². The van der Waals surface area contributed by atoms with E-state index in [-0.39, 0.29) is 0 Å². The van der Waals surface area contributed by atoms with Crippen molar-refractivity contribution in [3.63, 3.8) is 0 Å². The summed E-state index contributed by atoms with van der Waals surface area (Å²) in [7, 11) is -2.72. The van der Waals surface area contributed by atoms with Crippen LogP contribution in [0, 0.1) is 0 Å². The number of hydrogen-bond acceptors (Lipinski definition) is 4. The molecule has 0 radical (unpaired) electrons. The van der Waals surface area contributed by atoms with Crippen molar-refractivity contribution in [1.82, 2.24) is 0 Å². The fraction of sp³-hybridized carbons (Fsp3) is 0.889. The van der Waals surface area contributed by atoms with E-state index in [2.05, 4.69) is 0 Å². The van der Waals surface area contributed by atoms with Gasteiger partial charge >= 0.3 is 7.60 Å². The monoisotopic (exact) mass is 240 g/mol. The minimum atomic E-state index is -2.72. The minimum Gasteiger partial charge on any atom is -0.481 e. The van der Waals surface area contributed by atoms with E-state index in [1.807, 2.05) is 20.8 Å². The standard InChI is InChI=1S/C7H17O3P.C2H4O2/c1-4-7-11(8,9-5-2)10-6-3;1-2(3)4/h4-7H2,1-3H3;1H3,(H,3,4). The molecular formula is C9H21O5P. The maximum atomic E-state index is 11.6. The van der Waals surface area contributed by atoms with Crippen molar-refractivity contribution in [3.8, 4) is 0 Å². The van der Waals surface area contributed by atoms with Crippen molar-refractivity contribution < 1.29 is 23.5 Å². The lowest BCUT2D eigenvalue weighted by molar-refractivity contribution is -0.134. The van der Waals surface area contributed by atoms with Gasteiger partial charge in [-0.2, -0.15) is 0 Å². The SMILES string of the molecule is CC(=O)O.CCCP(=O)(OCC)OCC. The molecule has 1 N–H and O–H groups in total. The Morgan fingerprint density at radius 1 is 1.20 bits per heavy atom. The molecule has 0 unspecified atom stereocenters. The molecule has 6 heteroatoms. The molecule has 0 atom stereocenters. The molecule has 0 aromatic heterocycles. The van der Waals surface area contributed by atoms with Gasteiger partial charge in [0.15, 0.2) is 0 Å². The molecule has 5 nitrogen and oxygen atoms in total. The molecule has 0 aliphatic heterocycles. The van der Waals surface area contributed by atoms with Gasteiger partial charge in [0.05, 0.1) is 13.2 Å². The van der Waals surface area contributed by atoms with Crippen molar-refractivity contribution in [1.29, 1.82) is 0 Å². The highest BCUT2D eigenvalue weighted by atomic mass is 31.2. The number of rotatable bonds is 6. The van der Waals surface area contributed by atoms with Crippen molar-refractivity contribution in [2.45, 2.75) is 34.1 Å². The second-order valence-corrected chi connectivity index (χ2v) is 4.87. The van der Waals surface area contributed by atoms with Gasteiger partial charge in [0.2, 0.25) is 0 Å². The molecule has 0 heterocycles. The van der Waals surface area contributed by atoms with E-state index in [0.29, 0.717) is 19.4 Å². The van der Waals surface area contributed by atoms with Gasteiger partial charge in [-0.05, 0) is 20.3 Å². The van der Waals surface area contributed by atoms with Gasteiger partial charge in [-0.1, -0.05) is 6.92 Å². The van der Waals surface area contributed by atoms with Gasteiger partial charge in [-0.25, -0.2) is 0 Å². The third-order valence-corrected chi connectivity index (χ3v) is 3.45. The summed E-state index contributed by atoms with van der Waals surface area (Å²) in [5.41, 5.74) is 0. The smallest absolute Gasteiger partial charge is 0.330 e. The van der Waals surface area contributed by atoms with E-state index in [1.54, 1.807) is 0 Å². The summed E-state index contributed by atoms with van der Waals surface area (Å²) in [5, 5.41) is 7.42. The van der Waals surface area contributed by atoms with Gasteiger partial charge in [0, 0.05) is 13.1 Å². The van der Waals surface area contributed by atoms with Crippen LogP contribution < -0.4 is 0 Å². The first-order chi connectivity index (χ1) is 6.91. The van der Waals surface area contributed by atoms with E-state index < -0.39 is 13.6 Å². The van der Waals surface area contributed by atoms with Crippen LogP contribution in [0.25, 0.3) is 0 Å². The molecule has 0 saturated carbocycles. The zero-order valence-electron chi connectivity index (χ0n) is 9.86. The first kappa shape index (κ1) is 17.0. The lowest BCUT2D eigenvalue weighted by Crippen LogP contribution is -1.98. The number of aliphatic carboxylic acids is 1. The summed E-state index contributed by atoms with van der Waals surface area (Å²) in [6.45, 7) is 7.60. The Bertz CT molecular complexity index is 177. The maximum absolute atomic E-state index is 11.6. The summed E-state index contributed by atoms with van der Waals surface area (Å²) >= 11 is 0. The third-order valence-electron chi connectivity index (χ3n) is 1.15. The van der Waals surface area contributed by atoms with E-state index >= 15 is 0 Å². The third kappa shape index (κ3) is 13.6. The van der Waals surface area contributed by atoms with Gasteiger partial charge in [-0.15, -0.1) is 0 Å². The van der Waals surface area contributed by atoms with Crippen LogP contribution in [0.2, 0.25) is 0 Å². The van der Waals surface area contributed by atoms with E-state index in [1.165, 1.54) is 0 Å². The van der Waals surface area contributed by atoms with Crippen LogP contribution in [0.4, 0.5) is 0 Å². The summed E-state index contributed by atoms with van der Waals surface area (Å²) in [5.74, 6) is -0.833. The maximum Gasteiger partial charge on any atom is 0.330 e. The molecule has 0 amide bonds. The molecule has 0 spiro atoms. The Morgan fingerprint density at radius 3 is 1.73 bits per heavy atom. The lowest BCUT2D eigenvalue weighted by atomic mass is 10.6. The fourth-order valence-electron chi connectivity index (χ4n) is 0.834. The molecule has 92 valence electrons. The van der Waals surface area contributed by atoms with Gasteiger partial charge in [-0.3, -0.25) is 9.36 Å². The number of carboxylic acids is 1. The minimum absolute atomic E-state index is 0.456. The summed E-state index contributed by atoms with van der Waals surface area (Å²) in [4.78, 5) is 9.00. The molecule has 0 aromatic carbocycles. The van der Waals surface area contributed by atoms with E-state index in [0.717, 1.165) is 13.3 Å². The second kappa shape index (κ2) is 10.1. The molecule has 15 heavy (non-hydrogen) atoms. The van der Waals surface area contributed by atoms with Crippen LogP contribution in [0.15, 0.2) is 0 Å². The highest BCUT2D eigenvalue weighted by Gasteiger charge is 2.21. The van der Waals surface area contributed by atoms with Crippen LogP contribution in [0.3, 0.4) is 0 Å². The van der Waals surface area contributed by atoms with Crippen LogP contribution in [0.1, 0.15) is 34.1 Å². The number of hydrogen-bond donors (Lipinski definition) is 1. The van der Waals surface area contributed by atoms with Gasteiger partial charge in [0.1, 0.15) is 0 Å². The molecule has 0 aromatic rings. The van der Waals surface area contributed by atoms with Gasteiger partial charge in [0.25, 0.3) is 5.97 Å². The average molecular weight is 240 g/mol. The lowest BCUT2D eigenvalue weighted by Gasteiger charge is -2.15. The highest BCUT2D eigenvalue weighted by molar-refractivity contribution is 7.53. The first-order valence-corrected chi connectivity index (χ1v) is 6.72. The molecule has 0 aliphatic carbocycles. The summed E-state index contributed by atoms with van der Waals surface area (Å²) in [6, 6.07) is 0. The Labute approximate surface area is 91.3 Å². The quantitative estimate of drug-likeness (QED) is 0.722. The van der Waals surface area contributed by atoms with Crippen LogP contribution in [-0.2, 0) is 18.4 Å². The summed E-state index contributed by atoms with van der Waals surface area (Å²) < 4.78 is 21.7. The number of carbonyl (C=O) groups is 1. The Morgan fingerprint density at radius 2 is 1.53 bits per heavy atom. The van der Waals surface area contributed by atoms with Crippen molar-refractivity contribution in [2.24, 2.45) is 0 Å². The molecule has 0 bridgehead atoms. The Hall–Kier alpha value is -0.380. The van der Waals surface area contributed by atoms with Crippen molar-refractivity contribution in [3.05, 3.63) is 0 Å². The number of carboxylic acid groups (broad SMARTS) is 1. The highest BCUT2D eigenvalue weighted by Crippen LogP contribution is 2.48. The van der Waals surface area contributed by atoms with Crippen molar-refractivity contribution >= 4 is 13.6 Å². The fourth-order valence-corrected chi connectivity index (χ4v) is 2.50. The van der Waals surface area contributed by atoms with E-state index in [9.17, 15) is 4.57 Å². The topological polar surface area (TPSA) is 72.8 Å². The summed E-state index contributed by atoms with van der Waals surface area (Å²) in [6.07, 6.45) is 1.35. The molecule has 0 fully saturated rings. The molecular weight excluding hydrogens is 219 g/mol. The molecule has 0 saturated heterocycles. The normalized spacial score (nSPS) is 10.4. The predicted molar refractivity (Wildman–Crippen MR) is 59.3 cm³/mol. The zero-order chi connectivity index (χ0) is 12.3. The van der Waals surface area contributed by atoms with E-state index in [4.69, 9.17) is 18.9 Å².